The van der Waals surface area contributed by atoms with Gasteiger partial charge in [0.1, 0.15) is 5.75 Å². The normalized spacial score (nSPS) is 15.9. The van der Waals surface area contributed by atoms with Gasteiger partial charge in [0.2, 0.25) is 11.8 Å². The first kappa shape index (κ1) is 20.8. The Hall–Kier alpha value is -1.88. The molecule has 0 radical (unpaired) electrons. The van der Waals surface area contributed by atoms with Gasteiger partial charge < -0.3 is 9.64 Å². The minimum absolute atomic E-state index is 0.176. The summed E-state index contributed by atoms with van der Waals surface area (Å²) in [5.74, 6) is 1.38. The van der Waals surface area contributed by atoms with E-state index in [0.29, 0.717) is 5.88 Å². The third-order valence-corrected chi connectivity index (χ3v) is 5.81. The summed E-state index contributed by atoms with van der Waals surface area (Å²) in [7, 11) is 0. The highest BCUT2D eigenvalue weighted by Gasteiger charge is 2.39. The first-order valence-corrected chi connectivity index (χ1v) is 10.9. The molecule has 1 aromatic heterocycles. The molecule has 5 heteroatoms. The average Bonchev–Trinajstić information content (AvgIpc) is 2.89. The lowest BCUT2D eigenvalue weighted by atomic mass is 9.99. The summed E-state index contributed by atoms with van der Waals surface area (Å²) in [6.45, 7) is 11.0. The summed E-state index contributed by atoms with van der Waals surface area (Å²) in [6, 6.07) is 6.11. The summed E-state index contributed by atoms with van der Waals surface area (Å²) in [5, 5.41) is 0. The Labute approximate surface area is 176 Å². The van der Waals surface area contributed by atoms with Gasteiger partial charge in [0.15, 0.2) is 0 Å². The summed E-state index contributed by atoms with van der Waals surface area (Å²) < 4.78 is 7.39. The van der Waals surface area contributed by atoms with E-state index >= 15 is 0 Å². The molecule has 0 bridgehead atoms. The number of hydrogen-bond donors (Lipinski definition) is 0. The van der Waals surface area contributed by atoms with E-state index in [4.69, 9.17) is 9.72 Å². The van der Waals surface area contributed by atoms with Crippen molar-refractivity contribution in [2.45, 2.75) is 66.2 Å². The zero-order chi connectivity index (χ0) is 20.4. The van der Waals surface area contributed by atoms with Crippen molar-refractivity contribution >= 4 is 27.5 Å². The van der Waals surface area contributed by atoms with E-state index < -0.39 is 0 Å². The molecule has 2 aromatic rings. The summed E-state index contributed by atoms with van der Waals surface area (Å²) >= 11 is 3.54. The maximum atomic E-state index is 13.1. The lowest BCUT2D eigenvalue weighted by Crippen LogP contribution is -2.29. The van der Waals surface area contributed by atoms with E-state index in [2.05, 4.69) is 29.8 Å². The van der Waals surface area contributed by atoms with Gasteiger partial charge in [-0.25, -0.2) is 4.98 Å². The Morgan fingerprint density at radius 2 is 1.79 bits per heavy atom. The van der Waals surface area contributed by atoms with Crippen molar-refractivity contribution in [1.82, 2.24) is 4.98 Å². The Kier molecular flexibility index (Phi) is 6.43. The number of fused-ring (bicyclic) bond motifs is 1. The molecule has 1 aliphatic rings. The molecule has 1 aromatic carbocycles. The van der Waals surface area contributed by atoms with E-state index in [1.54, 1.807) is 0 Å². The predicted octanol–water partition coefficient (Wildman–Crippen LogP) is 6.59. The van der Waals surface area contributed by atoms with Gasteiger partial charge in [-0.05, 0) is 62.9 Å². The molecule has 3 rings (SSSR count). The van der Waals surface area contributed by atoms with Gasteiger partial charge in [-0.3, -0.25) is 4.79 Å². The van der Waals surface area contributed by atoms with Crippen LogP contribution in [0, 0.1) is 20.8 Å². The average molecular weight is 445 g/mol. The molecule has 0 spiro atoms. The van der Waals surface area contributed by atoms with Crippen LogP contribution in [0.3, 0.4) is 0 Å². The minimum atomic E-state index is -0.184. The van der Waals surface area contributed by atoms with Gasteiger partial charge >= 0.3 is 0 Å². The fourth-order valence-electron chi connectivity index (χ4n) is 3.98. The number of rotatable bonds is 7. The van der Waals surface area contributed by atoms with E-state index in [0.717, 1.165) is 70.5 Å². The molecule has 0 saturated carbocycles. The molecule has 1 atom stereocenters. The molecule has 2 heterocycles. The first-order valence-electron chi connectivity index (χ1n) is 10.1. The number of aromatic nitrogens is 1. The zero-order valence-corrected chi connectivity index (χ0v) is 19.0. The van der Waals surface area contributed by atoms with Crippen LogP contribution in [-0.4, -0.2) is 17.4 Å². The molecule has 4 nitrogen and oxygen atoms in total. The maximum absolute atomic E-state index is 13.1. The maximum Gasteiger partial charge on any atom is 0.234 e. The number of anilines is 1. The summed E-state index contributed by atoms with van der Waals surface area (Å²) in [4.78, 5) is 19.8. The Balaban J connectivity index is 2.05. The largest absolute Gasteiger partial charge is 0.438 e. The van der Waals surface area contributed by atoms with Gasteiger partial charge in [0.05, 0.1) is 17.2 Å². The molecule has 0 aliphatic carbocycles. The van der Waals surface area contributed by atoms with Crippen LogP contribution < -0.4 is 9.64 Å². The third kappa shape index (κ3) is 3.95. The molecule has 1 amide bonds. The molecule has 28 heavy (non-hydrogen) atoms. The lowest BCUT2D eigenvalue weighted by Gasteiger charge is -2.19. The van der Waals surface area contributed by atoms with Gasteiger partial charge in [0.25, 0.3) is 0 Å². The van der Waals surface area contributed by atoms with Crippen molar-refractivity contribution in [1.29, 1.82) is 0 Å². The fraction of sp³-hybridized carbons (Fsp3) is 0.478. The molecular weight excluding hydrogens is 416 g/mol. The topological polar surface area (TPSA) is 42.4 Å². The second-order valence-electron chi connectivity index (χ2n) is 7.63. The van der Waals surface area contributed by atoms with Crippen molar-refractivity contribution in [3.05, 3.63) is 45.1 Å². The number of nitrogens with zero attached hydrogens (tertiary/aromatic N) is 2. The number of carbonyl (C=O) groups excluding carboxylic acids is 1. The number of unbranched alkanes of at least 4 members (excludes halogenated alkanes) is 2. The summed E-state index contributed by atoms with van der Waals surface area (Å²) in [5.41, 5.74) is 4.87. The Morgan fingerprint density at radius 3 is 2.39 bits per heavy atom. The number of ether oxygens (including phenoxy) is 1. The fourth-order valence-corrected chi connectivity index (χ4v) is 4.67. The quantitative estimate of drug-likeness (QED) is 0.452. The molecular formula is C23H29BrN2O2. The SMILES string of the molecule is CCCCCN1C(=O)C(CC)c2c1cc(C)nc2Oc1c(C)cc(Br)cc1C. The number of pyridine rings is 1. The van der Waals surface area contributed by atoms with Gasteiger partial charge in [-0.2, -0.15) is 0 Å². The first-order chi connectivity index (χ1) is 13.4. The number of hydrogen-bond acceptors (Lipinski definition) is 3. The predicted molar refractivity (Wildman–Crippen MR) is 118 cm³/mol. The number of amides is 1. The van der Waals surface area contributed by atoms with Crippen molar-refractivity contribution in [3.8, 4) is 11.6 Å². The molecule has 0 saturated heterocycles. The highest BCUT2D eigenvalue weighted by molar-refractivity contribution is 9.10. The van der Waals surface area contributed by atoms with Gasteiger partial charge in [-0.1, -0.05) is 42.6 Å². The zero-order valence-electron chi connectivity index (χ0n) is 17.4. The van der Waals surface area contributed by atoms with Crippen molar-refractivity contribution in [3.63, 3.8) is 0 Å². The molecule has 0 fully saturated rings. The van der Waals surface area contributed by atoms with Gasteiger partial charge in [0, 0.05) is 16.7 Å². The number of benzene rings is 1. The van der Waals surface area contributed by atoms with Gasteiger partial charge in [-0.15, -0.1) is 0 Å². The number of aryl methyl sites for hydroxylation is 3. The second kappa shape index (κ2) is 8.64. The minimum Gasteiger partial charge on any atom is -0.438 e. The highest BCUT2D eigenvalue weighted by Crippen LogP contribution is 2.46. The third-order valence-electron chi connectivity index (χ3n) is 5.35. The smallest absolute Gasteiger partial charge is 0.234 e. The van der Waals surface area contributed by atoms with Crippen LogP contribution in [0.4, 0.5) is 5.69 Å². The number of halogens is 1. The molecule has 0 N–H and O–H groups in total. The Morgan fingerprint density at radius 1 is 1.11 bits per heavy atom. The van der Waals surface area contributed by atoms with Crippen LogP contribution in [0.1, 0.15) is 67.8 Å². The van der Waals surface area contributed by atoms with Crippen molar-refractivity contribution in [2.24, 2.45) is 0 Å². The van der Waals surface area contributed by atoms with Crippen LogP contribution in [0.15, 0.2) is 22.7 Å². The van der Waals surface area contributed by atoms with E-state index in [-0.39, 0.29) is 11.8 Å². The van der Waals surface area contributed by atoms with E-state index in [1.165, 1.54) is 0 Å². The summed E-state index contributed by atoms with van der Waals surface area (Å²) in [6.07, 6.45) is 4.02. The van der Waals surface area contributed by atoms with Crippen LogP contribution >= 0.6 is 15.9 Å². The van der Waals surface area contributed by atoms with E-state index in [9.17, 15) is 4.79 Å². The molecule has 150 valence electrons. The van der Waals surface area contributed by atoms with Crippen LogP contribution in [0.5, 0.6) is 11.6 Å². The van der Waals surface area contributed by atoms with E-state index in [1.807, 2.05) is 43.9 Å². The standard InChI is InChI=1S/C23H29BrN2O2/c1-6-8-9-10-26-19-13-16(5)25-22(20(19)18(7-2)23(26)27)28-21-14(3)11-17(24)12-15(21)4/h11-13,18H,6-10H2,1-5H3. The lowest BCUT2D eigenvalue weighted by molar-refractivity contribution is -0.119. The van der Waals surface area contributed by atoms with Crippen LogP contribution in [-0.2, 0) is 4.79 Å². The number of carbonyl (C=O) groups is 1. The molecule has 1 aliphatic heterocycles. The van der Waals surface area contributed by atoms with Crippen LogP contribution in [0.2, 0.25) is 0 Å². The monoisotopic (exact) mass is 444 g/mol. The van der Waals surface area contributed by atoms with Crippen molar-refractivity contribution < 1.29 is 9.53 Å². The van der Waals surface area contributed by atoms with Crippen molar-refractivity contribution in [2.75, 3.05) is 11.4 Å². The highest BCUT2D eigenvalue weighted by atomic mass is 79.9. The van der Waals surface area contributed by atoms with Crippen LogP contribution in [0.25, 0.3) is 0 Å². The Bertz CT molecular complexity index is 871. The molecule has 1 unspecified atom stereocenters. The second-order valence-corrected chi connectivity index (χ2v) is 8.55.